The van der Waals surface area contributed by atoms with Crippen LogP contribution in [0.15, 0.2) is 6.33 Å². The SMILES string of the molecule is COC1CCN(c2nc(N(CCOC(C)=O)CCOC(C)=O)nc3c(N4CCC(OC)CC4)ncnc23)CC1. The first-order chi connectivity index (χ1) is 18.9. The quantitative estimate of drug-likeness (QED) is 0.379. The summed E-state index contributed by atoms with van der Waals surface area (Å²) in [4.78, 5) is 48.4. The molecule has 2 aliphatic rings. The fourth-order valence-electron chi connectivity index (χ4n) is 5.02. The molecule has 0 unspecified atom stereocenters. The molecule has 4 heterocycles. The molecule has 0 amide bonds. The van der Waals surface area contributed by atoms with Crippen LogP contribution >= 0.6 is 0 Å². The average Bonchev–Trinajstić information content (AvgIpc) is 2.95. The van der Waals surface area contributed by atoms with Gasteiger partial charge in [0.05, 0.1) is 25.3 Å². The van der Waals surface area contributed by atoms with Crippen LogP contribution in [0.1, 0.15) is 39.5 Å². The molecule has 0 radical (unpaired) electrons. The topological polar surface area (TPSA) is 132 Å². The van der Waals surface area contributed by atoms with Crippen LogP contribution in [0.3, 0.4) is 0 Å². The number of rotatable bonds is 11. The van der Waals surface area contributed by atoms with Gasteiger partial charge < -0.3 is 33.6 Å². The maximum Gasteiger partial charge on any atom is 0.302 e. The Morgan fingerprint density at radius 2 is 1.31 bits per heavy atom. The molecule has 39 heavy (non-hydrogen) atoms. The summed E-state index contributed by atoms with van der Waals surface area (Å²) in [6.07, 6.45) is 5.57. The Balaban J connectivity index is 1.73. The van der Waals surface area contributed by atoms with Gasteiger partial charge in [0.2, 0.25) is 5.95 Å². The van der Waals surface area contributed by atoms with Crippen LogP contribution in [0.5, 0.6) is 0 Å². The highest BCUT2D eigenvalue weighted by Crippen LogP contribution is 2.33. The molecule has 214 valence electrons. The number of methoxy groups -OCH3 is 2. The van der Waals surface area contributed by atoms with Gasteiger partial charge in [0, 0.05) is 54.2 Å². The van der Waals surface area contributed by atoms with Gasteiger partial charge in [-0.3, -0.25) is 9.59 Å². The van der Waals surface area contributed by atoms with Gasteiger partial charge in [-0.05, 0) is 25.7 Å². The van der Waals surface area contributed by atoms with E-state index in [2.05, 4.69) is 19.8 Å². The van der Waals surface area contributed by atoms with Crippen LogP contribution in [-0.2, 0) is 28.5 Å². The summed E-state index contributed by atoms with van der Waals surface area (Å²) < 4.78 is 21.5. The molecule has 0 aromatic carbocycles. The van der Waals surface area contributed by atoms with Crippen LogP contribution in [0.2, 0.25) is 0 Å². The van der Waals surface area contributed by atoms with Crippen molar-refractivity contribution in [2.75, 3.05) is 81.4 Å². The van der Waals surface area contributed by atoms with Gasteiger partial charge in [-0.2, -0.15) is 4.98 Å². The van der Waals surface area contributed by atoms with Crippen LogP contribution < -0.4 is 14.7 Å². The molecule has 0 atom stereocenters. The number of hydrogen-bond donors (Lipinski definition) is 0. The van der Waals surface area contributed by atoms with Gasteiger partial charge >= 0.3 is 11.9 Å². The van der Waals surface area contributed by atoms with E-state index in [0.717, 1.165) is 63.5 Å². The Kier molecular flexibility index (Phi) is 10.0. The highest BCUT2D eigenvalue weighted by molar-refractivity contribution is 5.94. The van der Waals surface area contributed by atoms with Crippen molar-refractivity contribution in [2.45, 2.75) is 51.7 Å². The summed E-state index contributed by atoms with van der Waals surface area (Å²) in [5.41, 5.74) is 1.35. The monoisotopic (exact) mass is 545 g/mol. The van der Waals surface area contributed by atoms with Crippen molar-refractivity contribution in [3.05, 3.63) is 6.33 Å². The van der Waals surface area contributed by atoms with Crippen LogP contribution in [0, 0.1) is 0 Å². The van der Waals surface area contributed by atoms with E-state index in [4.69, 9.17) is 28.9 Å². The summed E-state index contributed by atoms with van der Waals surface area (Å²) in [7, 11) is 3.49. The average molecular weight is 546 g/mol. The maximum atomic E-state index is 11.4. The fourth-order valence-corrected chi connectivity index (χ4v) is 5.02. The van der Waals surface area contributed by atoms with Gasteiger partial charge in [-0.25, -0.2) is 15.0 Å². The van der Waals surface area contributed by atoms with E-state index >= 15 is 0 Å². The molecule has 2 saturated heterocycles. The minimum Gasteiger partial charge on any atom is -0.464 e. The minimum atomic E-state index is -0.369. The predicted molar refractivity (Wildman–Crippen MR) is 145 cm³/mol. The second kappa shape index (κ2) is 13.7. The number of carbonyl (C=O) groups excluding carboxylic acids is 2. The molecular formula is C26H39N7O6. The Morgan fingerprint density at radius 1 is 0.795 bits per heavy atom. The molecule has 2 aromatic rings. The molecule has 2 aromatic heterocycles. The lowest BCUT2D eigenvalue weighted by molar-refractivity contribution is -0.141. The van der Waals surface area contributed by atoms with E-state index < -0.39 is 0 Å². The van der Waals surface area contributed by atoms with Gasteiger partial charge in [0.1, 0.15) is 30.6 Å². The smallest absolute Gasteiger partial charge is 0.302 e. The predicted octanol–water partition coefficient (Wildman–Crippen LogP) is 1.58. The second-order valence-corrected chi connectivity index (χ2v) is 9.75. The number of carbonyl (C=O) groups is 2. The van der Waals surface area contributed by atoms with Crippen molar-refractivity contribution in [1.29, 1.82) is 0 Å². The number of nitrogens with zero attached hydrogens (tertiary/aromatic N) is 7. The first kappa shape index (κ1) is 28.7. The summed E-state index contributed by atoms with van der Waals surface area (Å²) >= 11 is 0. The fraction of sp³-hybridized carbons (Fsp3) is 0.692. The van der Waals surface area contributed by atoms with E-state index in [0.29, 0.717) is 30.1 Å². The van der Waals surface area contributed by atoms with Gasteiger partial charge in [0.15, 0.2) is 11.6 Å². The third kappa shape index (κ3) is 7.41. The number of anilines is 3. The van der Waals surface area contributed by atoms with E-state index in [9.17, 15) is 9.59 Å². The third-order valence-corrected chi connectivity index (χ3v) is 7.20. The number of hydrogen-bond acceptors (Lipinski definition) is 13. The zero-order valence-electron chi connectivity index (χ0n) is 23.3. The summed E-state index contributed by atoms with van der Waals surface area (Å²) in [6, 6.07) is 0. The summed E-state index contributed by atoms with van der Waals surface area (Å²) in [5.74, 6) is 1.18. The molecular weight excluding hydrogens is 506 g/mol. The van der Waals surface area contributed by atoms with Gasteiger partial charge in [-0.1, -0.05) is 0 Å². The third-order valence-electron chi connectivity index (χ3n) is 7.20. The zero-order valence-corrected chi connectivity index (χ0v) is 23.3. The highest BCUT2D eigenvalue weighted by Gasteiger charge is 2.28. The standard InChI is InChI=1S/C26H39N7O6/c1-18(34)38-15-13-33(14-16-39-19(2)35)26-29-23-22(25(30-26)32-11-7-21(37-4)8-12-32)27-17-28-24(23)31-9-5-20(36-3)6-10-31/h17,20-21H,5-16H2,1-4H3. The molecule has 0 aliphatic carbocycles. The van der Waals surface area contributed by atoms with Crippen LogP contribution in [0.4, 0.5) is 17.6 Å². The maximum absolute atomic E-state index is 11.4. The Hall–Kier alpha value is -3.32. The number of ether oxygens (including phenoxy) is 4. The van der Waals surface area contributed by atoms with Crippen molar-refractivity contribution >= 4 is 40.6 Å². The Bertz CT molecular complexity index is 1100. The molecule has 0 spiro atoms. The first-order valence-electron chi connectivity index (χ1n) is 13.5. The van der Waals surface area contributed by atoms with E-state index in [1.807, 2.05) is 4.90 Å². The normalized spacial score (nSPS) is 16.9. The number of piperidine rings is 2. The second-order valence-electron chi connectivity index (χ2n) is 9.75. The number of aromatic nitrogens is 4. The molecule has 0 N–H and O–H groups in total. The van der Waals surface area contributed by atoms with Crippen molar-refractivity contribution in [3.63, 3.8) is 0 Å². The number of esters is 2. The molecule has 13 nitrogen and oxygen atoms in total. The number of fused-ring (bicyclic) bond motifs is 1. The lowest BCUT2D eigenvalue weighted by Gasteiger charge is -2.34. The molecule has 0 bridgehead atoms. The lowest BCUT2D eigenvalue weighted by Crippen LogP contribution is -2.39. The first-order valence-corrected chi connectivity index (χ1v) is 13.5. The summed E-state index contributed by atoms with van der Waals surface area (Å²) in [5, 5.41) is 0. The Labute approximate surface area is 228 Å². The molecule has 0 saturated carbocycles. The van der Waals surface area contributed by atoms with Crippen molar-refractivity contribution in [3.8, 4) is 0 Å². The van der Waals surface area contributed by atoms with E-state index in [-0.39, 0.29) is 37.4 Å². The minimum absolute atomic E-state index is 0.147. The van der Waals surface area contributed by atoms with Crippen molar-refractivity contribution in [2.24, 2.45) is 0 Å². The van der Waals surface area contributed by atoms with Gasteiger partial charge in [-0.15, -0.1) is 0 Å². The highest BCUT2D eigenvalue weighted by atomic mass is 16.5. The lowest BCUT2D eigenvalue weighted by atomic mass is 10.1. The largest absolute Gasteiger partial charge is 0.464 e. The van der Waals surface area contributed by atoms with E-state index in [1.165, 1.54) is 13.8 Å². The van der Waals surface area contributed by atoms with Crippen LogP contribution in [0.25, 0.3) is 11.0 Å². The van der Waals surface area contributed by atoms with E-state index in [1.54, 1.807) is 20.5 Å². The Morgan fingerprint density at radius 3 is 1.79 bits per heavy atom. The summed E-state index contributed by atoms with van der Waals surface area (Å²) in [6.45, 7) is 6.82. The molecule has 4 rings (SSSR count). The molecule has 2 aliphatic heterocycles. The van der Waals surface area contributed by atoms with Crippen LogP contribution in [-0.4, -0.2) is 111 Å². The van der Waals surface area contributed by atoms with Crippen molar-refractivity contribution < 1.29 is 28.5 Å². The molecule has 13 heteroatoms. The molecule has 2 fully saturated rings. The van der Waals surface area contributed by atoms with Gasteiger partial charge in [0.25, 0.3) is 0 Å². The zero-order chi connectivity index (χ0) is 27.8. The van der Waals surface area contributed by atoms with Crippen molar-refractivity contribution in [1.82, 2.24) is 19.9 Å².